The number of nitrogens with one attached hydrogen (secondary N) is 1. The summed E-state index contributed by atoms with van der Waals surface area (Å²) in [6, 6.07) is 16.8. The molecule has 3 aromatic heterocycles. The molecule has 1 N–H and O–H groups in total. The van der Waals surface area contributed by atoms with Crippen LogP contribution < -0.4 is 10.1 Å². The molecule has 0 fully saturated rings. The third-order valence-electron chi connectivity index (χ3n) is 5.79. The summed E-state index contributed by atoms with van der Waals surface area (Å²) in [4.78, 5) is 24.1. The lowest BCUT2D eigenvalue weighted by atomic mass is 10.1. The van der Waals surface area contributed by atoms with Gasteiger partial charge < -0.3 is 10.1 Å². The van der Waals surface area contributed by atoms with Crippen molar-refractivity contribution >= 4 is 40.3 Å². The molecule has 0 spiro atoms. The second-order valence-corrected chi connectivity index (χ2v) is 9.48. The van der Waals surface area contributed by atoms with Crippen LogP contribution in [-0.2, 0) is 4.79 Å². The standard InChI is InChI=1S/C27H26N6O3S/c1-3-4-14-36-22-10-8-19(9-11-22)23-16-24-26-29-30-27(32(26)12-13-33(24)31-23)37-17-25(35)28-21-7-5-6-20(15-21)18(2)34/h5-13,15-16H,3-4,14,17H2,1-2H3,(H,28,35). The van der Waals surface area contributed by atoms with Gasteiger partial charge in [0.15, 0.2) is 16.6 Å². The maximum Gasteiger partial charge on any atom is 0.234 e. The monoisotopic (exact) mass is 514 g/mol. The van der Waals surface area contributed by atoms with E-state index < -0.39 is 0 Å². The highest BCUT2D eigenvalue weighted by Crippen LogP contribution is 2.26. The Morgan fingerprint density at radius 2 is 1.89 bits per heavy atom. The van der Waals surface area contributed by atoms with Gasteiger partial charge in [0.25, 0.3) is 0 Å². The highest BCUT2D eigenvalue weighted by atomic mass is 32.2. The smallest absolute Gasteiger partial charge is 0.234 e. The van der Waals surface area contributed by atoms with Gasteiger partial charge >= 0.3 is 0 Å². The van der Waals surface area contributed by atoms with E-state index in [1.165, 1.54) is 18.7 Å². The molecule has 0 aliphatic heterocycles. The second-order valence-electron chi connectivity index (χ2n) is 8.53. The summed E-state index contributed by atoms with van der Waals surface area (Å²) < 4.78 is 9.37. The maximum absolute atomic E-state index is 12.5. The van der Waals surface area contributed by atoms with Gasteiger partial charge in [-0.05, 0) is 55.8 Å². The molecule has 2 aromatic carbocycles. The number of carbonyl (C=O) groups is 2. The molecular formula is C27H26N6O3S. The number of nitrogens with zero attached hydrogens (tertiary/aromatic N) is 5. The minimum absolute atomic E-state index is 0.0526. The van der Waals surface area contributed by atoms with E-state index in [0.29, 0.717) is 28.7 Å². The van der Waals surface area contributed by atoms with Crippen molar-refractivity contribution in [1.82, 2.24) is 24.2 Å². The first kappa shape index (κ1) is 24.5. The van der Waals surface area contributed by atoms with Crippen molar-refractivity contribution in [3.63, 3.8) is 0 Å². The fraction of sp³-hybridized carbons (Fsp3) is 0.222. The molecule has 10 heteroatoms. The van der Waals surface area contributed by atoms with Gasteiger partial charge in [0.2, 0.25) is 5.91 Å². The molecule has 37 heavy (non-hydrogen) atoms. The van der Waals surface area contributed by atoms with Crippen molar-refractivity contribution in [2.75, 3.05) is 17.7 Å². The predicted molar refractivity (Wildman–Crippen MR) is 143 cm³/mol. The Morgan fingerprint density at radius 1 is 1.05 bits per heavy atom. The molecular weight excluding hydrogens is 488 g/mol. The van der Waals surface area contributed by atoms with E-state index in [2.05, 4.69) is 27.5 Å². The van der Waals surface area contributed by atoms with E-state index in [1.54, 1.807) is 28.8 Å². The van der Waals surface area contributed by atoms with E-state index >= 15 is 0 Å². The summed E-state index contributed by atoms with van der Waals surface area (Å²) in [5.41, 5.74) is 4.39. The predicted octanol–water partition coefficient (Wildman–Crippen LogP) is 5.16. The van der Waals surface area contributed by atoms with Crippen LogP contribution in [0, 0.1) is 0 Å². The van der Waals surface area contributed by atoms with Gasteiger partial charge in [-0.2, -0.15) is 5.10 Å². The zero-order valence-electron chi connectivity index (χ0n) is 20.5. The fourth-order valence-electron chi connectivity index (χ4n) is 3.83. The van der Waals surface area contributed by atoms with E-state index in [4.69, 9.17) is 4.74 Å². The Balaban J connectivity index is 1.29. The minimum atomic E-state index is -0.197. The van der Waals surface area contributed by atoms with Crippen molar-refractivity contribution in [2.24, 2.45) is 0 Å². The summed E-state index contributed by atoms with van der Waals surface area (Å²) >= 11 is 1.28. The molecule has 3 heterocycles. The SMILES string of the molecule is CCCCOc1ccc(-c2cc3c4nnc(SCC(=O)Nc5cccc(C(C)=O)c5)n4ccn3n2)cc1. The van der Waals surface area contributed by atoms with Crippen LogP contribution in [0.5, 0.6) is 5.75 Å². The fourth-order valence-corrected chi connectivity index (χ4v) is 4.55. The van der Waals surface area contributed by atoms with Crippen LogP contribution in [0.3, 0.4) is 0 Å². The van der Waals surface area contributed by atoms with Crippen molar-refractivity contribution in [3.05, 3.63) is 72.6 Å². The first-order valence-electron chi connectivity index (χ1n) is 12.0. The van der Waals surface area contributed by atoms with E-state index in [-0.39, 0.29) is 17.4 Å². The highest BCUT2D eigenvalue weighted by Gasteiger charge is 2.14. The molecule has 0 bridgehead atoms. The normalized spacial score (nSPS) is 11.2. The quantitative estimate of drug-likeness (QED) is 0.156. The average molecular weight is 515 g/mol. The van der Waals surface area contributed by atoms with Crippen molar-refractivity contribution in [1.29, 1.82) is 0 Å². The molecule has 188 valence electrons. The minimum Gasteiger partial charge on any atom is -0.494 e. The Hall–Kier alpha value is -4.18. The molecule has 0 atom stereocenters. The zero-order valence-corrected chi connectivity index (χ0v) is 21.4. The van der Waals surface area contributed by atoms with Gasteiger partial charge in [-0.15, -0.1) is 10.2 Å². The summed E-state index contributed by atoms with van der Waals surface area (Å²) in [5, 5.41) is 16.7. The number of benzene rings is 2. The van der Waals surface area contributed by atoms with Gasteiger partial charge in [-0.3, -0.25) is 14.0 Å². The number of hydrogen-bond acceptors (Lipinski definition) is 7. The maximum atomic E-state index is 12.5. The highest BCUT2D eigenvalue weighted by molar-refractivity contribution is 7.99. The number of rotatable bonds is 10. The molecule has 0 saturated carbocycles. The average Bonchev–Trinajstić information content (AvgIpc) is 3.52. The molecule has 0 aliphatic rings. The van der Waals surface area contributed by atoms with Crippen LogP contribution in [-0.4, -0.2) is 48.3 Å². The lowest BCUT2D eigenvalue weighted by Crippen LogP contribution is -2.14. The molecule has 9 nitrogen and oxygen atoms in total. The topological polar surface area (TPSA) is 103 Å². The molecule has 5 aromatic rings. The van der Waals surface area contributed by atoms with Crippen LogP contribution >= 0.6 is 11.8 Å². The van der Waals surface area contributed by atoms with E-state index in [1.807, 2.05) is 47.1 Å². The van der Waals surface area contributed by atoms with E-state index in [0.717, 1.165) is 35.4 Å². The lowest BCUT2D eigenvalue weighted by molar-refractivity contribution is -0.113. The number of ether oxygens (including phenoxy) is 1. The second kappa shape index (κ2) is 10.8. The van der Waals surface area contributed by atoms with Gasteiger partial charge in [-0.1, -0.05) is 37.2 Å². The van der Waals surface area contributed by atoms with E-state index in [9.17, 15) is 9.59 Å². The first-order valence-corrected chi connectivity index (χ1v) is 13.0. The van der Waals surface area contributed by atoms with Gasteiger partial charge in [0, 0.05) is 29.2 Å². The number of Topliss-reactive ketones (excluding diaryl/α,β-unsaturated/α-hetero) is 1. The molecule has 0 unspecified atom stereocenters. The molecule has 0 radical (unpaired) electrons. The number of carbonyl (C=O) groups excluding carboxylic acids is 2. The Bertz CT molecular complexity index is 1570. The summed E-state index contributed by atoms with van der Waals surface area (Å²) in [5.74, 6) is 0.742. The Kier molecular flexibility index (Phi) is 7.18. The Labute approximate surface area is 217 Å². The number of ketones is 1. The lowest BCUT2D eigenvalue weighted by Gasteiger charge is -2.06. The number of unbranched alkanes of at least 4 members (excludes halogenated alkanes) is 1. The number of amides is 1. The molecule has 5 rings (SSSR count). The number of fused-ring (bicyclic) bond motifs is 3. The molecule has 1 amide bonds. The van der Waals surface area contributed by atoms with Crippen LogP contribution in [0.4, 0.5) is 5.69 Å². The van der Waals surface area contributed by atoms with Crippen LogP contribution in [0.1, 0.15) is 37.0 Å². The first-order chi connectivity index (χ1) is 18.0. The molecule has 0 saturated heterocycles. The Morgan fingerprint density at radius 3 is 2.68 bits per heavy atom. The zero-order chi connectivity index (χ0) is 25.8. The summed E-state index contributed by atoms with van der Waals surface area (Å²) in [6.45, 7) is 4.34. The summed E-state index contributed by atoms with van der Waals surface area (Å²) in [6.07, 6.45) is 5.80. The third kappa shape index (κ3) is 5.49. The number of hydrogen-bond donors (Lipinski definition) is 1. The third-order valence-corrected chi connectivity index (χ3v) is 6.73. The van der Waals surface area contributed by atoms with Gasteiger partial charge in [0.1, 0.15) is 11.3 Å². The van der Waals surface area contributed by atoms with Crippen LogP contribution in [0.25, 0.3) is 22.4 Å². The number of thioether (sulfide) groups is 1. The van der Waals surface area contributed by atoms with Crippen molar-refractivity contribution < 1.29 is 14.3 Å². The number of aromatic nitrogens is 5. The van der Waals surface area contributed by atoms with Crippen molar-refractivity contribution in [2.45, 2.75) is 31.8 Å². The largest absolute Gasteiger partial charge is 0.494 e. The number of anilines is 1. The summed E-state index contributed by atoms with van der Waals surface area (Å²) in [7, 11) is 0. The van der Waals surface area contributed by atoms with Crippen LogP contribution in [0.2, 0.25) is 0 Å². The van der Waals surface area contributed by atoms with Crippen LogP contribution in [0.15, 0.2) is 72.1 Å². The van der Waals surface area contributed by atoms with Gasteiger partial charge in [-0.25, -0.2) is 4.52 Å². The molecule has 0 aliphatic carbocycles. The van der Waals surface area contributed by atoms with Gasteiger partial charge in [0.05, 0.1) is 18.1 Å². The van der Waals surface area contributed by atoms with Crippen molar-refractivity contribution in [3.8, 4) is 17.0 Å².